The van der Waals surface area contributed by atoms with Crippen LogP contribution < -0.4 is 0 Å². The average molecular weight is 350 g/mol. The Kier molecular flexibility index (Phi) is 3.71. The summed E-state index contributed by atoms with van der Waals surface area (Å²) in [5.41, 5.74) is 3.68. The van der Waals surface area contributed by atoms with E-state index in [1.807, 2.05) is 12.3 Å². The van der Waals surface area contributed by atoms with Crippen molar-refractivity contribution in [2.45, 2.75) is 71.1 Å². The normalized spacial score (nSPS) is 44.7. The summed E-state index contributed by atoms with van der Waals surface area (Å²) in [4.78, 5) is 16.4. The fraction of sp³-hybridized carbons (Fsp3) is 0.667. The molecule has 0 N–H and O–H groups in total. The monoisotopic (exact) mass is 349 g/mol. The van der Waals surface area contributed by atoms with Crippen molar-refractivity contribution >= 4 is 5.78 Å². The lowest BCUT2D eigenvalue weighted by Gasteiger charge is -2.58. The molecule has 0 amide bonds. The van der Waals surface area contributed by atoms with Crippen molar-refractivity contribution in [2.24, 2.45) is 28.6 Å². The minimum Gasteiger partial charge on any atom is -0.295 e. The molecule has 0 radical (unpaired) electrons. The Labute approximate surface area is 157 Å². The van der Waals surface area contributed by atoms with Gasteiger partial charge in [0.05, 0.1) is 0 Å². The molecule has 0 bridgehead atoms. The lowest BCUT2D eigenvalue weighted by molar-refractivity contribution is -0.117. The van der Waals surface area contributed by atoms with Gasteiger partial charge in [0.15, 0.2) is 5.78 Å². The highest BCUT2D eigenvalue weighted by molar-refractivity contribution is 5.91. The maximum atomic E-state index is 12.0. The van der Waals surface area contributed by atoms with Crippen LogP contribution >= 0.6 is 0 Å². The van der Waals surface area contributed by atoms with Crippen LogP contribution in [-0.2, 0) is 4.79 Å². The van der Waals surface area contributed by atoms with Gasteiger partial charge in [0, 0.05) is 18.8 Å². The molecular formula is C24H31NO. The van der Waals surface area contributed by atoms with Crippen molar-refractivity contribution in [1.29, 1.82) is 0 Å². The van der Waals surface area contributed by atoms with Gasteiger partial charge in [-0.1, -0.05) is 25.5 Å². The summed E-state index contributed by atoms with van der Waals surface area (Å²) in [5.74, 6) is 3.54. The standard InChI is InChI=1S/C24H31NO/c1-23-11-9-18(26)14-17(23)5-6-19-21-8-7-20(16-4-3-13-25-15-16)24(21,2)12-10-22(19)23/h3-4,13-15,19-22H,5-12H2,1-2H3/t19?,20?,21?,22?,23-,24+/m0/s1. The Balaban J connectivity index is 1.47. The summed E-state index contributed by atoms with van der Waals surface area (Å²) in [5, 5.41) is 0. The third kappa shape index (κ3) is 2.23. The Bertz CT molecular complexity index is 753. The Morgan fingerprint density at radius 2 is 1.92 bits per heavy atom. The number of pyridine rings is 1. The molecule has 4 unspecified atom stereocenters. The number of fused-ring (bicyclic) bond motifs is 5. The number of hydrogen-bond donors (Lipinski definition) is 0. The van der Waals surface area contributed by atoms with Gasteiger partial charge in [-0.05, 0) is 97.2 Å². The predicted molar refractivity (Wildman–Crippen MR) is 104 cm³/mol. The second-order valence-electron chi connectivity index (χ2n) is 9.93. The largest absolute Gasteiger partial charge is 0.295 e. The van der Waals surface area contributed by atoms with Crippen LogP contribution in [0.5, 0.6) is 0 Å². The summed E-state index contributed by atoms with van der Waals surface area (Å²) in [6, 6.07) is 4.41. The van der Waals surface area contributed by atoms with Crippen LogP contribution in [0.2, 0.25) is 0 Å². The van der Waals surface area contributed by atoms with Gasteiger partial charge in [-0.2, -0.15) is 0 Å². The molecule has 4 aliphatic rings. The van der Waals surface area contributed by atoms with Crippen LogP contribution in [0.25, 0.3) is 0 Å². The van der Waals surface area contributed by atoms with Crippen molar-refractivity contribution in [3.05, 3.63) is 41.7 Å². The quantitative estimate of drug-likeness (QED) is 0.651. The first-order valence-electron chi connectivity index (χ1n) is 10.7. The van der Waals surface area contributed by atoms with E-state index in [1.165, 1.54) is 43.2 Å². The number of carbonyl (C=O) groups is 1. The number of hydrogen-bond acceptors (Lipinski definition) is 2. The molecular weight excluding hydrogens is 318 g/mol. The zero-order chi connectivity index (χ0) is 17.9. The molecule has 3 fully saturated rings. The Morgan fingerprint density at radius 1 is 1.04 bits per heavy atom. The van der Waals surface area contributed by atoms with Crippen LogP contribution in [-0.4, -0.2) is 10.8 Å². The highest BCUT2D eigenvalue weighted by atomic mass is 16.1. The van der Waals surface area contributed by atoms with E-state index in [2.05, 4.69) is 37.2 Å². The SMILES string of the molecule is C[C@]12CCC3C(CCC4=CC(=O)CC[C@@]43C)C1CCC2c1cccnc1. The van der Waals surface area contributed by atoms with Gasteiger partial charge in [0.2, 0.25) is 0 Å². The summed E-state index contributed by atoms with van der Waals surface area (Å²) >= 11 is 0. The minimum atomic E-state index is 0.296. The third-order valence-electron chi connectivity index (χ3n) is 9.05. The number of rotatable bonds is 1. The van der Waals surface area contributed by atoms with E-state index >= 15 is 0 Å². The minimum absolute atomic E-state index is 0.296. The molecule has 0 saturated heterocycles. The Hall–Kier alpha value is -1.44. The number of carbonyl (C=O) groups excluding carboxylic acids is 1. The first-order chi connectivity index (χ1) is 12.5. The van der Waals surface area contributed by atoms with Gasteiger partial charge < -0.3 is 0 Å². The van der Waals surface area contributed by atoms with Crippen LogP contribution in [0.1, 0.15) is 76.7 Å². The zero-order valence-corrected chi connectivity index (χ0v) is 16.2. The van der Waals surface area contributed by atoms with Gasteiger partial charge >= 0.3 is 0 Å². The molecule has 2 heteroatoms. The van der Waals surface area contributed by atoms with Crippen LogP contribution in [0.15, 0.2) is 36.2 Å². The second kappa shape index (κ2) is 5.78. The molecule has 0 aromatic carbocycles. The maximum Gasteiger partial charge on any atom is 0.155 e. The van der Waals surface area contributed by atoms with E-state index in [4.69, 9.17) is 0 Å². The predicted octanol–water partition coefficient (Wildman–Crippen LogP) is 5.70. The highest BCUT2D eigenvalue weighted by Gasteiger charge is 2.59. The average Bonchev–Trinajstić information content (AvgIpc) is 3.00. The van der Waals surface area contributed by atoms with E-state index in [0.717, 1.165) is 37.0 Å². The molecule has 1 aromatic heterocycles. The van der Waals surface area contributed by atoms with Crippen molar-refractivity contribution in [2.75, 3.05) is 0 Å². The zero-order valence-electron chi connectivity index (χ0n) is 16.2. The molecule has 138 valence electrons. The first-order valence-corrected chi connectivity index (χ1v) is 10.7. The molecule has 26 heavy (non-hydrogen) atoms. The smallest absolute Gasteiger partial charge is 0.155 e. The molecule has 3 saturated carbocycles. The number of allylic oxidation sites excluding steroid dienone is 1. The fourth-order valence-corrected chi connectivity index (χ4v) is 7.69. The topological polar surface area (TPSA) is 30.0 Å². The van der Waals surface area contributed by atoms with E-state index in [0.29, 0.717) is 22.5 Å². The first kappa shape index (κ1) is 16.7. The molecule has 6 atom stereocenters. The van der Waals surface area contributed by atoms with Crippen LogP contribution in [0.4, 0.5) is 0 Å². The van der Waals surface area contributed by atoms with Gasteiger partial charge in [0.25, 0.3) is 0 Å². The van der Waals surface area contributed by atoms with Crippen molar-refractivity contribution < 1.29 is 4.79 Å². The molecule has 1 aromatic rings. The molecule has 0 spiro atoms. The lowest BCUT2D eigenvalue weighted by Crippen LogP contribution is -2.50. The molecule has 5 rings (SSSR count). The molecule has 4 aliphatic carbocycles. The van der Waals surface area contributed by atoms with E-state index in [1.54, 1.807) is 0 Å². The van der Waals surface area contributed by atoms with Gasteiger partial charge in [-0.25, -0.2) is 0 Å². The van der Waals surface area contributed by atoms with Gasteiger partial charge in [0.1, 0.15) is 0 Å². The highest BCUT2D eigenvalue weighted by Crippen LogP contribution is 2.68. The summed E-state index contributed by atoms with van der Waals surface area (Å²) < 4.78 is 0. The maximum absolute atomic E-state index is 12.0. The van der Waals surface area contributed by atoms with Crippen molar-refractivity contribution in [3.8, 4) is 0 Å². The number of nitrogens with zero attached hydrogens (tertiary/aromatic N) is 1. The summed E-state index contributed by atoms with van der Waals surface area (Å²) in [7, 11) is 0. The van der Waals surface area contributed by atoms with Crippen molar-refractivity contribution in [3.63, 3.8) is 0 Å². The lowest BCUT2D eigenvalue weighted by atomic mass is 9.46. The van der Waals surface area contributed by atoms with E-state index in [-0.39, 0.29) is 0 Å². The third-order valence-corrected chi connectivity index (χ3v) is 9.05. The van der Waals surface area contributed by atoms with Crippen LogP contribution in [0, 0.1) is 28.6 Å². The second-order valence-corrected chi connectivity index (χ2v) is 9.93. The molecule has 0 aliphatic heterocycles. The molecule has 2 nitrogen and oxygen atoms in total. The van der Waals surface area contributed by atoms with Gasteiger partial charge in [-0.15, -0.1) is 0 Å². The van der Waals surface area contributed by atoms with Crippen LogP contribution in [0.3, 0.4) is 0 Å². The summed E-state index contributed by atoms with van der Waals surface area (Å²) in [6.45, 7) is 5.06. The Morgan fingerprint density at radius 3 is 2.73 bits per heavy atom. The van der Waals surface area contributed by atoms with Gasteiger partial charge in [-0.3, -0.25) is 9.78 Å². The fourth-order valence-electron chi connectivity index (χ4n) is 7.69. The summed E-state index contributed by atoms with van der Waals surface area (Å²) in [6.07, 6.45) is 15.8. The number of ketones is 1. The van der Waals surface area contributed by atoms with Crippen molar-refractivity contribution in [1.82, 2.24) is 4.98 Å². The number of aromatic nitrogens is 1. The molecule has 1 heterocycles. The van der Waals surface area contributed by atoms with E-state index < -0.39 is 0 Å². The van der Waals surface area contributed by atoms with E-state index in [9.17, 15) is 4.79 Å².